The Labute approximate surface area is 213 Å². The van der Waals surface area contributed by atoms with E-state index in [1.807, 2.05) is 23.1 Å². The number of fused-ring (bicyclic) bond motifs is 1. The number of hydrogen-bond donors (Lipinski definition) is 0. The van der Waals surface area contributed by atoms with Crippen molar-refractivity contribution in [3.8, 4) is 5.75 Å². The standard InChI is InChI=1S/C31H35N3O2/c1-4-32-22-27(25-12-5-6-13-28(25)32)26(24-11-9-10-23(2)20-24)21-31(35)34-18-16-33(17-19-34)29-14-7-8-15-30(29)36-3/h5-15,20,22,26H,4,16-19,21H2,1-3H3. The molecule has 1 amide bonds. The van der Waals surface area contributed by atoms with Crippen LogP contribution in [0.3, 0.4) is 0 Å². The number of benzene rings is 3. The van der Waals surface area contributed by atoms with Gasteiger partial charge in [-0.3, -0.25) is 4.79 Å². The monoisotopic (exact) mass is 481 g/mol. The molecule has 0 N–H and O–H groups in total. The molecule has 1 aliphatic rings. The van der Waals surface area contributed by atoms with Gasteiger partial charge in [0, 0.05) is 62.2 Å². The normalized spacial score (nSPS) is 14.8. The Kier molecular flexibility index (Phi) is 6.99. The molecule has 1 saturated heterocycles. The molecule has 5 rings (SSSR count). The van der Waals surface area contributed by atoms with Crippen molar-refractivity contribution < 1.29 is 9.53 Å². The van der Waals surface area contributed by atoms with Crippen LogP contribution in [0.25, 0.3) is 10.9 Å². The van der Waals surface area contributed by atoms with Crippen molar-refractivity contribution in [3.05, 3.63) is 95.7 Å². The summed E-state index contributed by atoms with van der Waals surface area (Å²) in [6.07, 6.45) is 2.72. The highest BCUT2D eigenvalue weighted by molar-refractivity contribution is 5.87. The van der Waals surface area contributed by atoms with E-state index in [-0.39, 0.29) is 11.8 Å². The predicted molar refractivity (Wildman–Crippen MR) is 147 cm³/mol. The van der Waals surface area contributed by atoms with Gasteiger partial charge in [-0.2, -0.15) is 0 Å². The molecular weight excluding hydrogens is 446 g/mol. The minimum atomic E-state index is 0.0161. The lowest BCUT2D eigenvalue weighted by atomic mass is 9.87. The van der Waals surface area contributed by atoms with Crippen molar-refractivity contribution >= 4 is 22.5 Å². The number of methoxy groups -OCH3 is 1. The number of aryl methyl sites for hydroxylation is 2. The van der Waals surface area contributed by atoms with Crippen LogP contribution in [-0.2, 0) is 11.3 Å². The summed E-state index contributed by atoms with van der Waals surface area (Å²) in [4.78, 5) is 18.0. The molecule has 1 aromatic heterocycles. The van der Waals surface area contributed by atoms with Gasteiger partial charge in [-0.1, -0.05) is 60.2 Å². The van der Waals surface area contributed by atoms with Gasteiger partial charge < -0.3 is 19.1 Å². The summed E-state index contributed by atoms with van der Waals surface area (Å²) in [7, 11) is 1.71. The first-order valence-corrected chi connectivity index (χ1v) is 12.9. The van der Waals surface area contributed by atoms with Crippen LogP contribution in [-0.4, -0.2) is 48.7 Å². The molecular formula is C31H35N3O2. The van der Waals surface area contributed by atoms with Crippen molar-refractivity contribution in [1.82, 2.24) is 9.47 Å². The van der Waals surface area contributed by atoms with Gasteiger partial charge in [0.2, 0.25) is 5.91 Å². The highest BCUT2D eigenvalue weighted by Crippen LogP contribution is 2.36. The Bertz CT molecular complexity index is 1350. The van der Waals surface area contributed by atoms with Crippen LogP contribution < -0.4 is 9.64 Å². The van der Waals surface area contributed by atoms with Crippen LogP contribution in [0.15, 0.2) is 79.0 Å². The quantitative estimate of drug-likeness (QED) is 0.332. The maximum Gasteiger partial charge on any atom is 0.223 e. The molecule has 3 aromatic carbocycles. The van der Waals surface area contributed by atoms with Crippen LogP contribution in [0.2, 0.25) is 0 Å². The SMILES string of the molecule is CCn1cc(C(CC(=O)N2CCN(c3ccccc3OC)CC2)c2cccc(C)c2)c2ccccc21. The van der Waals surface area contributed by atoms with Crippen LogP contribution >= 0.6 is 0 Å². The Morgan fingerprint density at radius 3 is 2.44 bits per heavy atom. The summed E-state index contributed by atoms with van der Waals surface area (Å²) in [5.74, 6) is 1.11. The van der Waals surface area contributed by atoms with Gasteiger partial charge in [-0.05, 0) is 43.2 Å². The number of hydrogen-bond acceptors (Lipinski definition) is 3. The summed E-state index contributed by atoms with van der Waals surface area (Å²) in [5, 5.41) is 1.24. The second-order valence-electron chi connectivity index (χ2n) is 9.60. The number of para-hydroxylation sites is 3. The van der Waals surface area contributed by atoms with Gasteiger partial charge in [0.05, 0.1) is 12.8 Å². The van der Waals surface area contributed by atoms with Crippen LogP contribution in [0.5, 0.6) is 5.75 Å². The number of piperazine rings is 1. The van der Waals surface area contributed by atoms with E-state index in [1.165, 1.54) is 27.6 Å². The van der Waals surface area contributed by atoms with E-state index >= 15 is 0 Å². The molecule has 5 heteroatoms. The van der Waals surface area contributed by atoms with E-state index in [2.05, 4.69) is 84.1 Å². The zero-order valence-corrected chi connectivity index (χ0v) is 21.5. The van der Waals surface area contributed by atoms with E-state index in [4.69, 9.17) is 4.74 Å². The average Bonchev–Trinajstić information content (AvgIpc) is 3.30. The minimum Gasteiger partial charge on any atom is -0.495 e. The smallest absolute Gasteiger partial charge is 0.223 e. The van der Waals surface area contributed by atoms with Crippen molar-refractivity contribution in [2.24, 2.45) is 0 Å². The van der Waals surface area contributed by atoms with E-state index in [0.29, 0.717) is 19.5 Å². The molecule has 2 heterocycles. The third kappa shape index (κ3) is 4.70. The Hall–Kier alpha value is -3.73. The van der Waals surface area contributed by atoms with Gasteiger partial charge in [0.25, 0.3) is 0 Å². The Morgan fingerprint density at radius 2 is 1.69 bits per heavy atom. The van der Waals surface area contributed by atoms with Crippen molar-refractivity contribution in [2.45, 2.75) is 32.7 Å². The minimum absolute atomic E-state index is 0.0161. The summed E-state index contributed by atoms with van der Waals surface area (Å²) in [6, 6.07) is 25.3. The summed E-state index contributed by atoms with van der Waals surface area (Å²) in [5.41, 5.74) is 5.98. The van der Waals surface area contributed by atoms with E-state index in [9.17, 15) is 4.79 Å². The Balaban J connectivity index is 1.39. The molecule has 1 aliphatic heterocycles. The molecule has 0 spiro atoms. The van der Waals surface area contributed by atoms with E-state index in [1.54, 1.807) is 7.11 Å². The summed E-state index contributed by atoms with van der Waals surface area (Å²) in [6.45, 7) is 8.23. The number of carbonyl (C=O) groups excluding carboxylic acids is 1. The molecule has 0 aliphatic carbocycles. The molecule has 5 nitrogen and oxygen atoms in total. The van der Waals surface area contributed by atoms with Crippen molar-refractivity contribution in [1.29, 1.82) is 0 Å². The molecule has 4 aromatic rings. The second-order valence-corrected chi connectivity index (χ2v) is 9.60. The lowest BCUT2D eigenvalue weighted by molar-refractivity contribution is -0.131. The van der Waals surface area contributed by atoms with E-state index < -0.39 is 0 Å². The van der Waals surface area contributed by atoms with Crippen LogP contribution in [0.4, 0.5) is 5.69 Å². The molecule has 1 unspecified atom stereocenters. The molecule has 0 radical (unpaired) electrons. The first kappa shape index (κ1) is 24.0. The zero-order chi connectivity index (χ0) is 25.1. The van der Waals surface area contributed by atoms with Crippen LogP contribution in [0, 0.1) is 6.92 Å². The number of amides is 1. The number of carbonyl (C=O) groups is 1. The van der Waals surface area contributed by atoms with Crippen molar-refractivity contribution in [2.75, 3.05) is 38.2 Å². The number of rotatable bonds is 7. The number of anilines is 1. The number of nitrogens with zero attached hydrogens (tertiary/aromatic N) is 3. The summed E-state index contributed by atoms with van der Waals surface area (Å²) >= 11 is 0. The molecule has 36 heavy (non-hydrogen) atoms. The molecule has 0 saturated carbocycles. The Morgan fingerprint density at radius 1 is 0.944 bits per heavy atom. The third-order valence-electron chi connectivity index (χ3n) is 7.42. The lowest BCUT2D eigenvalue weighted by Gasteiger charge is -2.37. The highest BCUT2D eigenvalue weighted by Gasteiger charge is 2.28. The van der Waals surface area contributed by atoms with Crippen LogP contribution in [0.1, 0.15) is 36.0 Å². The maximum atomic E-state index is 13.7. The van der Waals surface area contributed by atoms with Gasteiger partial charge in [-0.15, -0.1) is 0 Å². The van der Waals surface area contributed by atoms with Gasteiger partial charge in [0.1, 0.15) is 5.75 Å². The number of ether oxygens (including phenoxy) is 1. The first-order chi connectivity index (χ1) is 17.6. The van der Waals surface area contributed by atoms with Gasteiger partial charge >= 0.3 is 0 Å². The second kappa shape index (κ2) is 10.5. The fraction of sp³-hybridized carbons (Fsp3) is 0.323. The third-order valence-corrected chi connectivity index (χ3v) is 7.42. The topological polar surface area (TPSA) is 37.7 Å². The largest absolute Gasteiger partial charge is 0.495 e. The molecule has 0 bridgehead atoms. The predicted octanol–water partition coefficient (Wildman–Crippen LogP) is 5.85. The summed E-state index contributed by atoms with van der Waals surface area (Å²) < 4.78 is 7.85. The molecule has 1 atom stereocenters. The first-order valence-electron chi connectivity index (χ1n) is 12.9. The highest BCUT2D eigenvalue weighted by atomic mass is 16.5. The fourth-order valence-electron chi connectivity index (χ4n) is 5.50. The zero-order valence-electron chi connectivity index (χ0n) is 21.5. The fourth-order valence-corrected chi connectivity index (χ4v) is 5.50. The van der Waals surface area contributed by atoms with E-state index in [0.717, 1.165) is 31.1 Å². The average molecular weight is 482 g/mol. The van der Waals surface area contributed by atoms with Crippen molar-refractivity contribution in [3.63, 3.8) is 0 Å². The molecule has 186 valence electrons. The van der Waals surface area contributed by atoms with Gasteiger partial charge in [0.15, 0.2) is 0 Å². The molecule has 1 fully saturated rings. The lowest BCUT2D eigenvalue weighted by Crippen LogP contribution is -2.49. The maximum absolute atomic E-state index is 13.7. The number of aromatic nitrogens is 1. The van der Waals surface area contributed by atoms with Gasteiger partial charge in [-0.25, -0.2) is 0 Å².